The Kier molecular flexibility index (Phi) is 5.01. The van der Waals surface area contributed by atoms with Crippen LogP contribution in [0.5, 0.6) is 0 Å². The molecular formula is C10H19NO4. The first-order chi connectivity index (χ1) is 7.15. The highest BCUT2D eigenvalue weighted by Crippen LogP contribution is 2.10. The lowest BCUT2D eigenvalue weighted by molar-refractivity contribution is -0.142. The van der Waals surface area contributed by atoms with E-state index in [9.17, 15) is 4.79 Å². The Morgan fingerprint density at radius 3 is 2.93 bits per heavy atom. The van der Waals surface area contributed by atoms with Crippen molar-refractivity contribution in [2.75, 3.05) is 33.4 Å². The maximum atomic E-state index is 11.0. The number of hydrogen-bond acceptors (Lipinski definition) is 5. The molecule has 1 saturated heterocycles. The summed E-state index contributed by atoms with van der Waals surface area (Å²) < 4.78 is 10.1. The molecule has 0 amide bonds. The van der Waals surface area contributed by atoms with Crippen molar-refractivity contribution in [2.24, 2.45) is 0 Å². The van der Waals surface area contributed by atoms with Gasteiger partial charge in [0, 0.05) is 19.6 Å². The molecule has 5 nitrogen and oxygen atoms in total. The smallest absolute Gasteiger partial charge is 0.306 e. The summed E-state index contributed by atoms with van der Waals surface area (Å²) in [7, 11) is 1.39. The highest BCUT2D eigenvalue weighted by atomic mass is 16.5. The molecule has 88 valence electrons. The van der Waals surface area contributed by atoms with Gasteiger partial charge in [-0.2, -0.15) is 0 Å². The fourth-order valence-electron chi connectivity index (χ4n) is 1.78. The van der Waals surface area contributed by atoms with Gasteiger partial charge in [0.05, 0.1) is 32.3 Å². The third kappa shape index (κ3) is 4.15. The van der Waals surface area contributed by atoms with E-state index >= 15 is 0 Å². The molecule has 1 fully saturated rings. The summed E-state index contributed by atoms with van der Waals surface area (Å²) in [6.45, 7) is 4.13. The predicted molar refractivity (Wildman–Crippen MR) is 54.5 cm³/mol. The van der Waals surface area contributed by atoms with Gasteiger partial charge < -0.3 is 14.6 Å². The second-order valence-corrected chi connectivity index (χ2v) is 3.84. The van der Waals surface area contributed by atoms with Gasteiger partial charge in [-0.15, -0.1) is 0 Å². The van der Waals surface area contributed by atoms with Crippen molar-refractivity contribution >= 4 is 5.97 Å². The van der Waals surface area contributed by atoms with Gasteiger partial charge in [0.1, 0.15) is 0 Å². The molecule has 5 heteroatoms. The van der Waals surface area contributed by atoms with Crippen LogP contribution in [0.1, 0.15) is 13.3 Å². The minimum Gasteiger partial charge on any atom is -0.469 e. The van der Waals surface area contributed by atoms with Gasteiger partial charge in [-0.05, 0) is 6.92 Å². The summed E-state index contributed by atoms with van der Waals surface area (Å²) >= 11 is 0. The monoisotopic (exact) mass is 217 g/mol. The van der Waals surface area contributed by atoms with Crippen molar-refractivity contribution < 1.29 is 19.4 Å². The maximum Gasteiger partial charge on any atom is 0.306 e. The summed E-state index contributed by atoms with van der Waals surface area (Å²) in [5.74, 6) is -0.199. The number of carbonyl (C=O) groups is 1. The van der Waals surface area contributed by atoms with Crippen LogP contribution in [0.4, 0.5) is 0 Å². The molecule has 15 heavy (non-hydrogen) atoms. The van der Waals surface area contributed by atoms with Gasteiger partial charge >= 0.3 is 5.97 Å². The first-order valence-electron chi connectivity index (χ1n) is 5.21. The van der Waals surface area contributed by atoms with Crippen molar-refractivity contribution in [1.82, 2.24) is 4.90 Å². The second-order valence-electron chi connectivity index (χ2n) is 3.84. The molecule has 0 bridgehead atoms. The van der Waals surface area contributed by atoms with E-state index in [0.29, 0.717) is 19.5 Å². The average molecular weight is 217 g/mol. The summed E-state index contributed by atoms with van der Waals surface area (Å²) in [5, 5.41) is 9.01. The lowest BCUT2D eigenvalue weighted by Gasteiger charge is -2.35. The zero-order valence-corrected chi connectivity index (χ0v) is 9.31. The predicted octanol–water partition coefficient (Wildman–Crippen LogP) is -0.369. The third-order valence-corrected chi connectivity index (χ3v) is 2.47. The lowest BCUT2D eigenvalue weighted by atomic mass is 10.2. The number of aliphatic hydroxyl groups excluding tert-OH is 1. The topological polar surface area (TPSA) is 59.0 Å². The van der Waals surface area contributed by atoms with Gasteiger partial charge in [-0.3, -0.25) is 9.69 Å². The van der Waals surface area contributed by atoms with Crippen LogP contribution in [0.2, 0.25) is 0 Å². The Hall–Kier alpha value is -0.650. The molecule has 0 aromatic carbocycles. The number of carbonyl (C=O) groups excluding carboxylic acids is 1. The molecular weight excluding hydrogens is 198 g/mol. The number of methoxy groups -OCH3 is 1. The van der Waals surface area contributed by atoms with E-state index in [2.05, 4.69) is 9.64 Å². The highest BCUT2D eigenvalue weighted by Gasteiger charge is 2.24. The molecule has 2 atom stereocenters. The quantitative estimate of drug-likeness (QED) is 0.651. The molecule has 0 aromatic heterocycles. The largest absolute Gasteiger partial charge is 0.469 e. The Labute approximate surface area is 90.0 Å². The fourth-order valence-corrected chi connectivity index (χ4v) is 1.78. The van der Waals surface area contributed by atoms with E-state index in [-0.39, 0.29) is 24.8 Å². The number of aliphatic hydroxyl groups is 1. The summed E-state index contributed by atoms with van der Waals surface area (Å²) in [6.07, 6.45) is 0.362. The van der Waals surface area contributed by atoms with E-state index in [4.69, 9.17) is 9.84 Å². The van der Waals surface area contributed by atoms with Crippen LogP contribution < -0.4 is 0 Å². The number of ether oxygens (including phenoxy) is 2. The van der Waals surface area contributed by atoms with Gasteiger partial charge in [-0.1, -0.05) is 0 Å². The number of hydrogen-bond donors (Lipinski definition) is 1. The number of esters is 1. The van der Waals surface area contributed by atoms with Gasteiger partial charge in [0.2, 0.25) is 0 Å². The van der Waals surface area contributed by atoms with E-state index < -0.39 is 0 Å². The van der Waals surface area contributed by atoms with Crippen molar-refractivity contribution in [2.45, 2.75) is 25.6 Å². The standard InChI is InChI=1S/C10H19NO4/c1-8-5-11(4-3-10(13)14-2)6-9(7-12)15-8/h8-9,12H,3-7H2,1-2H3. The first-order valence-corrected chi connectivity index (χ1v) is 5.21. The van der Waals surface area contributed by atoms with Crippen LogP contribution in [0.3, 0.4) is 0 Å². The Morgan fingerprint density at radius 2 is 2.33 bits per heavy atom. The van der Waals surface area contributed by atoms with Gasteiger partial charge in [0.25, 0.3) is 0 Å². The maximum absolute atomic E-state index is 11.0. The first kappa shape index (κ1) is 12.4. The second kappa shape index (κ2) is 6.05. The molecule has 1 heterocycles. The molecule has 2 unspecified atom stereocenters. The SMILES string of the molecule is COC(=O)CCN1CC(C)OC(CO)C1. The number of rotatable bonds is 4. The van der Waals surface area contributed by atoms with Crippen molar-refractivity contribution in [3.63, 3.8) is 0 Å². The van der Waals surface area contributed by atoms with Crippen LogP contribution in [0, 0.1) is 0 Å². The minimum atomic E-state index is -0.199. The molecule has 1 N–H and O–H groups in total. The summed E-state index contributed by atoms with van der Waals surface area (Å²) in [5.41, 5.74) is 0. The van der Waals surface area contributed by atoms with Gasteiger partial charge in [-0.25, -0.2) is 0 Å². The Balaban J connectivity index is 2.31. The molecule has 0 aromatic rings. The molecule has 1 aliphatic rings. The van der Waals surface area contributed by atoms with Gasteiger partial charge in [0.15, 0.2) is 0 Å². The zero-order chi connectivity index (χ0) is 11.3. The molecule has 0 radical (unpaired) electrons. The van der Waals surface area contributed by atoms with E-state index in [1.165, 1.54) is 7.11 Å². The summed E-state index contributed by atoms with van der Waals surface area (Å²) in [6, 6.07) is 0. The normalized spacial score (nSPS) is 27.7. The molecule has 1 aliphatic heterocycles. The summed E-state index contributed by atoms with van der Waals surface area (Å²) in [4.78, 5) is 13.1. The third-order valence-electron chi connectivity index (χ3n) is 2.47. The van der Waals surface area contributed by atoms with E-state index in [0.717, 1.165) is 6.54 Å². The number of morpholine rings is 1. The van der Waals surface area contributed by atoms with Crippen molar-refractivity contribution in [3.05, 3.63) is 0 Å². The highest BCUT2D eigenvalue weighted by molar-refractivity contribution is 5.69. The van der Waals surface area contributed by atoms with Crippen LogP contribution in [0.15, 0.2) is 0 Å². The fraction of sp³-hybridized carbons (Fsp3) is 0.900. The lowest BCUT2D eigenvalue weighted by Crippen LogP contribution is -2.48. The average Bonchev–Trinajstić information content (AvgIpc) is 2.25. The van der Waals surface area contributed by atoms with Crippen LogP contribution >= 0.6 is 0 Å². The van der Waals surface area contributed by atoms with E-state index in [1.54, 1.807) is 0 Å². The Morgan fingerprint density at radius 1 is 1.60 bits per heavy atom. The van der Waals surface area contributed by atoms with Crippen molar-refractivity contribution in [3.8, 4) is 0 Å². The van der Waals surface area contributed by atoms with Crippen LogP contribution in [-0.2, 0) is 14.3 Å². The molecule has 0 saturated carbocycles. The van der Waals surface area contributed by atoms with Crippen LogP contribution in [0.25, 0.3) is 0 Å². The minimum absolute atomic E-state index is 0.0268. The molecule has 0 spiro atoms. The molecule has 0 aliphatic carbocycles. The van der Waals surface area contributed by atoms with E-state index in [1.807, 2.05) is 6.92 Å². The van der Waals surface area contributed by atoms with Crippen LogP contribution in [-0.4, -0.2) is 61.5 Å². The number of nitrogens with zero attached hydrogens (tertiary/aromatic N) is 1. The molecule has 1 rings (SSSR count). The Bertz CT molecular complexity index is 210. The zero-order valence-electron chi connectivity index (χ0n) is 9.31. The van der Waals surface area contributed by atoms with Crippen molar-refractivity contribution in [1.29, 1.82) is 0 Å².